The fraction of sp³-hybridized carbons (Fsp3) is 0.571. The highest BCUT2D eigenvalue weighted by molar-refractivity contribution is 5.79. The zero-order valence-electron chi connectivity index (χ0n) is 18.0. The number of nitrogens with zero attached hydrogens (tertiary/aromatic N) is 4. The van der Waals surface area contributed by atoms with Crippen molar-refractivity contribution < 1.29 is 18.3 Å². The minimum absolute atomic E-state index is 0.0356. The van der Waals surface area contributed by atoms with Crippen molar-refractivity contribution in [1.82, 2.24) is 25.4 Å². The van der Waals surface area contributed by atoms with Crippen molar-refractivity contribution in [3.05, 3.63) is 35.4 Å². The number of aryl methyl sites for hydroxylation is 1. The van der Waals surface area contributed by atoms with Crippen molar-refractivity contribution in [1.29, 1.82) is 0 Å². The molecule has 170 valence electrons. The van der Waals surface area contributed by atoms with E-state index in [-0.39, 0.29) is 18.0 Å². The average Bonchev–Trinajstić information content (AvgIpc) is 2.98. The molecular formula is C21H30F2N6O2. The molecule has 1 aliphatic rings. The lowest BCUT2D eigenvalue weighted by Gasteiger charge is -2.17. The standard InChI is InChI=1S/C21H30F2N6O2/c1-3-30-16-9-7-8-15(19(16)31-20(22)23)14-26-21(24-2)25-12-11-18-28-27-17-10-5-4-6-13-29(17)18/h7-9,20H,3-6,10-14H2,1-2H3,(H2,24,25,26). The number of para-hydroxylation sites is 1. The molecule has 0 saturated heterocycles. The highest BCUT2D eigenvalue weighted by atomic mass is 19.3. The lowest BCUT2D eigenvalue weighted by Crippen LogP contribution is -2.38. The third-order valence-corrected chi connectivity index (χ3v) is 5.06. The van der Waals surface area contributed by atoms with Crippen molar-refractivity contribution in [3.8, 4) is 11.5 Å². The van der Waals surface area contributed by atoms with Crippen LogP contribution in [-0.2, 0) is 25.9 Å². The Kier molecular flexibility index (Phi) is 8.43. The Morgan fingerprint density at radius 2 is 2.10 bits per heavy atom. The van der Waals surface area contributed by atoms with Crippen LogP contribution in [0.2, 0.25) is 0 Å². The van der Waals surface area contributed by atoms with Gasteiger partial charge in [0, 0.05) is 45.1 Å². The van der Waals surface area contributed by atoms with Crippen LogP contribution in [0.4, 0.5) is 8.78 Å². The van der Waals surface area contributed by atoms with Crippen LogP contribution in [0.5, 0.6) is 11.5 Å². The number of nitrogens with one attached hydrogen (secondary N) is 2. The Balaban J connectivity index is 1.56. The number of benzene rings is 1. The Labute approximate surface area is 181 Å². The van der Waals surface area contributed by atoms with Gasteiger partial charge in [-0.25, -0.2) is 0 Å². The molecule has 0 aliphatic carbocycles. The second-order valence-electron chi connectivity index (χ2n) is 7.15. The molecule has 8 nitrogen and oxygen atoms in total. The topological polar surface area (TPSA) is 85.6 Å². The quantitative estimate of drug-likeness (QED) is 0.464. The Morgan fingerprint density at radius 1 is 1.23 bits per heavy atom. The summed E-state index contributed by atoms with van der Waals surface area (Å²) in [5.74, 6) is 2.92. The van der Waals surface area contributed by atoms with Gasteiger partial charge in [-0.05, 0) is 25.8 Å². The SMILES string of the molecule is CCOc1cccc(CNC(=NC)NCCc2nnc3n2CCCCC3)c1OC(F)F. The fourth-order valence-corrected chi connectivity index (χ4v) is 3.61. The minimum Gasteiger partial charge on any atom is -0.490 e. The highest BCUT2D eigenvalue weighted by Gasteiger charge is 2.17. The third kappa shape index (κ3) is 6.28. The highest BCUT2D eigenvalue weighted by Crippen LogP contribution is 2.32. The van der Waals surface area contributed by atoms with Crippen LogP contribution >= 0.6 is 0 Å². The van der Waals surface area contributed by atoms with Crippen molar-refractivity contribution in [2.45, 2.75) is 58.7 Å². The van der Waals surface area contributed by atoms with Gasteiger partial charge < -0.3 is 24.7 Å². The van der Waals surface area contributed by atoms with E-state index in [1.165, 1.54) is 6.42 Å². The van der Waals surface area contributed by atoms with Crippen LogP contribution in [-0.4, -0.2) is 47.5 Å². The number of guanidine groups is 1. The molecule has 0 amide bonds. The van der Waals surface area contributed by atoms with Crippen molar-refractivity contribution in [2.24, 2.45) is 4.99 Å². The van der Waals surface area contributed by atoms with Gasteiger partial charge >= 0.3 is 6.61 Å². The fourth-order valence-electron chi connectivity index (χ4n) is 3.61. The van der Waals surface area contributed by atoms with Gasteiger partial charge in [-0.1, -0.05) is 18.6 Å². The molecular weight excluding hydrogens is 406 g/mol. The second-order valence-corrected chi connectivity index (χ2v) is 7.15. The van der Waals surface area contributed by atoms with Crippen molar-refractivity contribution in [2.75, 3.05) is 20.2 Å². The molecule has 0 spiro atoms. The zero-order valence-corrected chi connectivity index (χ0v) is 18.0. The summed E-state index contributed by atoms with van der Waals surface area (Å²) in [6, 6.07) is 5.07. The maximum absolute atomic E-state index is 12.9. The largest absolute Gasteiger partial charge is 0.490 e. The van der Waals surface area contributed by atoms with E-state index in [9.17, 15) is 8.78 Å². The number of halogens is 2. The van der Waals surface area contributed by atoms with Gasteiger partial charge in [0.15, 0.2) is 17.5 Å². The second kappa shape index (κ2) is 11.5. The maximum Gasteiger partial charge on any atom is 0.387 e. The van der Waals surface area contributed by atoms with Gasteiger partial charge in [0.25, 0.3) is 0 Å². The first-order valence-corrected chi connectivity index (χ1v) is 10.7. The lowest BCUT2D eigenvalue weighted by atomic mass is 10.2. The number of fused-ring (bicyclic) bond motifs is 1. The predicted molar refractivity (Wildman–Crippen MR) is 114 cm³/mol. The zero-order chi connectivity index (χ0) is 22.1. The molecule has 0 fully saturated rings. The first kappa shape index (κ1) is 22.8. The summed E-state index contributed by atoms with van der Waals surface area (Å²) in [7, 11) is 1.66. The molecule has 1 aromatic heterocycles. The van der Waals surface area contributed by atoms with Crippen LogP contribution in [0.3, 0.4) is 0 Å². The van der Waals surface area contributed by atoms with Crippen LogP contribution in [0.15, 0.2) is 23.2 Å². The molecule has 10 heteroatoms. The summed E-state index contributed by atoms with van der Waals surface area (Å²) in [6.07, 6.45) is 5.23. The minimum atomic E-state index is -2.93. The first-order valence-electron chi connectivity index (χ1n) is 10.7. The number of ether oxygens (including phenoxy) is 2. The Morgan fingerprint density at radius 3 is 2.87 bits per heavy atom. The van der Waals surface area contributed by atoms with Crippen LogP contribution in [0.25, 0.3) is 0 Å². The van der Waals surface area contributed by atoms with Crippen LogP contribution in [0, 0.1) is 0 Å². The molecule has 0 unspecified atom stereocenters. The molecule has 0 saturated carbocycles. The van der Waals surface area contributed by atoms with Crippen molar-refractivity contribution >= 4 is 5.96 Å². The van der Waals surface area contributed by atoms with Gasteiger partial charge in [-0.15, -0.1) is 10.2 Å². The predicted octanol–water partition coefficient (Wildman–Crippen LogP) is 2.91. The molecule has 0 atom stereocenters. The van der Waals surface area contributed by atoms with Gasteiger partial charge in [0.05, 0.1) is 6.61 Å². The molecule has 31 heavy (non-hydrogen) atoms. The average molecular weight is 437 g/mol. The van der Waals surface area contributed by atoms with Crippen molar-refractivity contribution in [3.63, 3.8) is 0 Å². The van der Waals surface area contributed by atoms with Gasteiger partial charge in [-0.3, -0.25) is 4.99 Å². The number of alkyl halides is 2. The van der Waals surface area contributed by atoms with E-state index in [1.54, 1.807) is 32.2 Å². The van der Waals surface area contributed by atoms with E-state index in [0.29, 0.717) is 31.1 Å². The van der Waals surface area contributed by atoms with E-state index in [2.05, 4.69) is 30.4 Å². The van der Waals surface area contributed by atoms with Crippen LogP contribution in [0.1, 0.15) is 43.4 Å². The molecule has 2 aromatic rings. The maximum atomic E-state index is 12.9. The summed E-state index contributed by atoms with van der Waals surface area (Å²) in [6.45, 7) is 1.05. The Bertz CT molecular complexity index is 872. The summed E-state index contributed by atoms with van der Waals surface area (Å²) in [5.41, 5.74) is 0.553. The molecule has 2 N–H and O–H groups in total. The van der Waals surface area contributed by atoms with E-state index in [1.807, 2.05) is 0 Å². The van der Waals surface area contributed by atoms with E-state index >= 15 is 0 Å². The van der Waals surface area contributed by atoms with E-state index in [4.69, 9.17) is 9.47 Å². The van der Waals surface area contributed by atoms with Gasteiger partial charge in [-0.2, -0.15) is 8.78 Å². The number of hydrogen-bond acceptors (Lipinski definition) is 5. The number of hydrogen-bond donors (Lipinski definition) is 2. The number of aromatic nitrogens is 3. The number of rotatable bonds is 9. The molecule has 1 aromatic carbocycles. The summed E-state index contributed by atoms with van der Waals surface area (Å²) in [5, 5.41) is 15.0. The van der Waals surface area contributed by atoms with Gasteiger partial charge in [0.2, 0.25) is 0 Å². The normalized spacial score (nSPS) is 14.2. The molecule has 0 bridgehead atoms. The van der Waals surface area contributed by atoms with Gasteiger partial charge in [0.1, 0.15) is 11.6 Å². The molecule has 1 aliphatic heterocycles. The Hall–Kier alpha value is -2.91. The third-order valence-electron chi connectivity index (χ3n) is 5.06. The molecule has 0 radical (unpaired) electrons. The lowest BCUT2D eigenvalue weighted by molar-refractivity contribution is -0.0520. The molecule has 2 heterocycles. The summed E-state index contributed by atoms with van der Waals surface area (Å²) in [4.78, 5) is 4.21. The van der Waals surface area contributed by atoms with Crippen LogP contribution < -0.4 is 20.1 Å². The summed E-state index contributed by atoms with van der Waals surface area (Å²) >= 11 is 0. The van der Waals surface area contributed by atoms with E-state index in [0.717, 1.165) is 37.5 Å². The summed E-state index contributed by atoms with van der Waals surface area (Å²) < 4.78 is 38.1. The molecule has 3 rings (SSSR count). The smallest absolute Gasteiger partial charge is 0.387 e. The first-order chi connectivity index (χ1) is 15.1. The number of aliphatic imine (C=N–C) groups is 1. The monoisotopic (exact) mass is 436 g/mol. The van der Waals surface area contributed by atoms with E-state index < -0.39 is 6.61 Å².